The zero-order valence-electron chi connectivity index (χ0n) is 10.2. The number of hydrogen-bond acceptors (Lipinski definition) is 3. The zero-order chi connectivity index (χ0) is 15.8. The molecule has 0 saturated heterocycles. The van der Waals surface area contributed by atoms with Gasteiger partial charge in [-0.1, -0.05) is 23.2 Å². The van der Waals surface area contributed by atoms with E-state index in [4.69, 9.17) is 28.9 Å². The van der Waals surface area contributed by atoms with E-state index in [2.05, 4.69) is 20.7 Å². The molecule has 2 rings (SSSR count). The lowest BCUT2D eigenvalue weighted by molar-refractivity contribution is 0.601. The summed E-state index contributed by atoms with van der Waals surface area (Å²) in [5.74, 6) is -0.664. The third-order valence-electron chi connectivity index (χ3n) is 2.53. The average molecular weight is 414 g/mol. The summed E-state index contributed by atoms with van der Waals surface area (Å²) in [5, 5.41) is -0.281. The van der Waals surface area contributed by atoms with Crippen LogP contribution in [0.3, 0.4) is 0 Å². The number of halogens is 4. The van der Waals surface area contributed by atoms with Gasteiger partial charge >= 0.3 is 0 Å². The smallest absolute Gasteiger partial charge is 0.262 e. The van der Waals surface area contributed by atoms with Crippen molar-refractivity contribution in [2.24, 2.45) is 0 Å². The molecule has 21 heavy (non-hydrogen) atoms. The fraction of sp³-hybridized carbons (Fsp3) is 0. The normalized spacial score (nSPS) is 11.4. The third-order valence-corrected chi connectivity index (χ3v) is 5.16. The molecular weight excluding hydrogens is 406 g/mol. The minimum atomic E-state index is -3.94. The predicted octanol–water partition coefficient (Wildman–Crippen LogP) is 4.28. The van der Waals surface area contributed by atoms with Crippen molar-refractivity contribution in [3.8, 4) is 0 Å². The Hall–Kier alpha value is -1.02. The van der Waals surface area contributed by atoms with Gasteiger partial charge in [-0.3, -0.25) is 4.72 Å². The molecule has 0 aliphatic heterocycles. The van der Waals surface area contributed by atoms with Crippen LogP contribution in [0.4, 0.5) is 15.8 Å². The van der Waals surface area contributed by atoms with Crippen LogP contribution in [0.5, 0.6) is 0 Å². The fourth-order valence-electron chi connectivity index (χ4n) is 1.51. The molecule has 0 saturated carbocycles. The van der Waals surface area contributed by atoms with Crippen molar-refractivity contribution in [3.05, 3.63) is 50.7 Å². The first kappa shape index (κ1) is 16.4. The molecule has 0 amide bonds. The summed E-state index contributed by atoms with van der Waals surface area (Å²) < 4.78 is 40.3. The van der Waals surface area contributed by atoms with Gasteiger partial charge in [-0.15, -0.1) is 0 Å². The summed E-state index contributed by atoms with van der Waals surface area (Å²) >= 11 is 14.8. The van der Waals surface area contributed by atoms with Gasteiger partial charge in [-0.25, -0.2) is 12.8 Å². The SMILES string of the molecule is Nc1ccc(S(=O)(=O)Nc2c(Cl)cc(F)cc2Cl)cc1Br. The first-order valence-electron chi connectivity index (χ1n) is 5.43. The number of nitrogen functional groups attached to an aromatic ring is 1. The topological polar surface area (TPSA) is 72.2 Å². The maximum absolute atomic E-state index is 13.1. The van der Waals surface area contributed by atoms with Gasteiger partial charge in [0.25, 0.3) is 10.0 Å². The Labute approximate surface area is 139 Å². The molecule has 2 aromatic rings. The molecule has 0 bridgehead atoms. The second-order valence-electron chi connectivity index (χ2n) is 4.03. The van der Waals surface area contributed by atoms with E-state index in [0.717, 1.165) is 12.1 Å². The second kappa shape index (κ2) is 6.00. The van der Waals surface area contributed by atoms with E-state index >= 15 is 0 Å². The second-order valence-corrected chi connectivity index (χ2v) is 7.38. The fourth-order valence-corrected chi connectivity index (χ4v) is 3.83. The molecule has 0 aromatic heterocycles. The Balaban J connectivity index is 2.44. The van der Waals surface area contributed by atoms with Crippen LogP contribution >= 0.6 is 39.1 Å². The van der Waals surface area contributed by atoms with Gasteiger partial charge in [0.15, 0.2) is 0 Å². The molecule has 4 nitrogen and oxygen atoms in total. The minimum absolute atomic E-state index is 0.0416. The lowest BCUT2D eigenvalue weighted by atomic mass is 10.3. The van der Waals surface area contributed by atoms with Gasteiger partial charge in [-0.2, -0.15) is 0 Å². The largest absolute Gasteiger partial charge is 0.398 e. The summed E-state index contributed by atoms with van der Waals surface area (Å²) in [6.07, 6.45) is 0. The van der Waals surface area contributed by atoms with E-state index in [-0.39, 0.29) is 20.6 Å². The molecule has 0 aliphatic rings. The molecule has 9 heteroatoms. The van der Waals surface area contributed by atoms with Crippen molar-refractivity contribution in [3.63, 3.8) is 0 Å². The van der Waals surface area contributed by atoms with Crippen molar-refractivity contribution in [1.29, 1.82) is 0 Å². The number of nitrogens with one attached hydrogen (secondary N) is 1. The lowest BCUT2D eigenvalue weighted by Gasteiger charge is -2.12. The van der Waals surface area contributed by atoms with E-state index in [0.29, 0.717) is 10.2 Å². The lowest BCUT2D eigenvalue weighted by Crippen LogP contribution is -2.14. The Kier molecular flexibility index (Phi) is 4.67. The first-order chi connectivity index (χ1) is 9.70. The van der Waals surface area contributed by atoms with Crippen LogP contribution in [0.25, 0.3) is 0 Å². The summed E-state index contributed by atoms with van der Waals surface area (Å²) in [6, 6.07) is 6.03. The summed E-state index contributed by atoms with van der Waals surface area (Å²) in [4.78, 5) is -0.0416. The highest BCUT2D eigenvalue weighted by molar-refractivity contribution is 9.10. The predicted molar refractivity (Wildman–Crippen MR) is 85.8 cm³/mol. The average Bonchev–Trinajstić information content (AvgIpc) is 2.37. The van der Waals surface area contributed by atoms with E-state index < -0.39 is 15.8 Å². The highest BCUT2D eigenvalue weighted by Crippen LogP contribution is 2.33. The molecule has 2 aromatic carbocycles. The maximum atomic E-state index is 13.1. The van der Waals surface area contributed by atoms with Crippen LogP contribution in [0.15, 0.2) is 39.7 Å². The van der Waals surface area contributed by atoms with Crippen LogP contribution in [0.1, 0.15) is 0 Å². The minimum Gasteiger partial charge on any atom is -0.398 e. The number of anilines is 2. The zero-order valence-corrected chi connectivity index (χ0v) is 14.1. The summed E-state index contributed by atoms with van der Waals surface area (Å²) in [6.45, 7) is 0. The van der Waals surface area contributed by atoms with Gasteiger partial charge in [-0.05, 0) is 46.3 Å². The molecule has 3 N–H and O–H groups in total. The van der Waals surface area contributed by atoms with Gasteiger partial charge < -0.3 is 5.73 Å². The molecular formula is C12H8BrCl2FN2O2S. The Morgan fingerprint density at radius 3 is 2.24 bits per heavy atom. The first-order valence-corrected chi connectivity index (χ1v) is 8.46. The molecule has 0 spiro atoms. The van der Waals surface area contributed by atoms with Crippen LogP contribution in [-0.4, -0.2) is 8.42 Å². The number of rotatable bonds is 3. The van der Waals surface area contributed by atoms with Crippen molar-refractivity contribution >= 4 is 60.5 Å². The molecule has 0 atom stereocenters. The molecule has 0 radical (unpaired) electrons. The molecule has 112 valence electrons. The van der Waals surface area contributed by atoms with Crippen molar-refractivity contribution in [2.45, 2.75) is 4.90 Å². The van der Waals surface area contributed by atoms with E-state index in [1.165, 1.54) is 18.2 Å². The van der Waals surface area contributed by atoms with Gasteiger partial charge in [0.05, 0.1) is 20.6 Å². The van der Waals surface area contributed by atoms with Gasteiger partial charge in [0.1, 0.15) is 5.82 Å². The Bertz CT molecular complexity index is 792. The standard InChI is InChI=1S/C12H8BrCl2FN2O2S/c13-8-5-7(1-2-11(8)17)21(19,20)18-12-9(14)3-6(16)4-10(12)15/h1-5,18H,17H2. The molecule has 0 heterocycles. The van der Waals surface area contributed by atoms with Crippen molar-refractivity contribution in [2.75, 3.05) is 10.5 Å². The number of nitrogens with two attached hydrogens (primary N) is 1. The third kappa shape index (κ3) is 3.60. The quantitative estimate of drug-likeness (QED) is 0.737. The summed E-state index contributed by atoms with van der Waals surface area (Å²) in [7, 11) is -3.94. The van der Waals surface area contributed by atoms with E-state index in [1.807, 2.05) is 0 Å². The molecule has 0 unspecified atom stereocenters. The Morgan fingerprint density at radius 2 is 1.71 bits per heavy atom. The van der Waals surface area contributed by atoms with Crippen LogP contribution in [0.2, 0.25) is 10.0 Å². The van der Waals surface area contributed by atoms with Crippen LogP contribution in [0, 0.1) is 5.82 Å². The van der Waals surface area contributed by atoms with Crippen LogP contribution in [-0.2, 0) is 10.0 Å². The monoisotopic (exact) mass is 412 g/mol. The van der Waals surface area contributed by atoms with Crippen LogP contribution < -0.4 is 10.5 Å². The Morgan fingerprint density at radius 1 is 1.14 bits per heavy atom. The van der Waals surface area contributed by atoms with E-state index in [9.17, 15) is 12.8 Å². The molecule has 0 fully saturated rings. The number of hydrogen-bond donors (Lipinski definition) is 2. The summed E-state index contributed by atoms with van der Waals surface area (Å²) in [5.41, 5.74) is 5.91. The molecule has 0 aliphatic carbocycles. The van der Waals surface area contributed by atoms with Gasteiger partial charge in [0, 0.05) is 10.2 Å². The highest BCUT2D eigenvalue weighted by atomic mass is 79.9. The number of benzene rings is 2. The van der Waals surface area contributed by atoms with Crippen molar-refractivity contribution < 1.29 is 12.8 Å². The van der Waals surface area contributed by atoms with E-state index in [1.54, 1.807) is 0 Å². The van der Waals surface area contributed by atoms with Gasteiger partial charge in [0.2, 0.25) is 0 Å². The highest BCUT2D eigenvalue weighted by Gasteiger charge is 2.19. The maximum Gasteiger partial charge on any atom is 0.262 e. The number of sulfonamides is 1. The van der Waals surface area contributed by atoms with Crippen molar-refractivity contribution in [1.82, 2.24) is 0 Å².